The Hall–Kier alpha value is -1.69. The van der Waals surface area contributed by atoms with Crippen LogP contribution in [0.1, 0.15) is 37.0 Å². The van der Waals surface area contributed by atoms with E-state index in [-0.39, 0.29) is 18.9 Å². The molecule has 0 bridgehead atoms. The number of ether oxygens (including phenoxy) is 1. The number of aliphatic hydroxyl groups excluding tert-OH is 1. The molecule has 0 spiro atoms. The van der Waals surface area contributed by atoms with E-state index in [0.29, 0.717) is 6.42 Å². The fraction of sp³-hybridized carbons (Fsp3) is 0.500. The van der Waals surface area contributed by atoms with Crippen LogP contribution in [0.2, 0.25) is 0 Å². The summed E-state index contributed by atoms with van der Waals surface area (Å²) in [6.07, 6.45) is 0.522. The summed E-state index contributed by atoms with van der Waals surface area (Å²) >= 11 is 0. The summed E-state index contributed by atoms with van der Waals surface area (Å²) in [7, 11) is 0. The summed E-state index contributed by atoms with van der Waals surface area (Å²) in [5, 5.41) is 11.8. The maximum absolute atomic E-state index is 14.0. The zero-order valence-corrected chi connectivity index (χ0v) is 11.6. The van der Waals surface area contributed by atoms with E-state index in [1.807, 2.05) is 6.92 Å². The molecular formula is C14H19F2NO3. The second-order valence-electron chi connectivity index (χ2n) is 4.32. The number of carbonyl (C=O) groups excluding carboxylic acids is 1. The van der Waals surface area contributed by atoms with Crippen molar-refractivity contribution in [3.05, 3.63) is 29.3 Å². The SMILES string of the molecule is CCCC(O)CNC(=O)c1c(F)ccc(OCC)c1F. The van der Waals surface area contributed by atoms with Gasteiger partial charge in [0, 0.05) is 6.54 Å². The highest BCUT2D eigenvalue weighted by Crippen LogP contribution is 2.23. The number of carbonyl (C=O) groups is 1. The summed E-state index contributed by atoms with van der Waals surface area (Å²) in [6, 6.07) is 2.11. The van der Waals surface area contributed by atoms with E-state index < -0.39 is 29.2 Å². The molecule has 1 amide bonds. The Balaban J connectivity index is 2.84. The first-order chi connectivity index (χ1) is 9.51. The van der Waals surface area contributed by atoms with E-state index in [9.17, 15) is 18.7 Å². The zero-order chi connectivity index (χ0) is 15.1. The first kappa shape index (κ1) is 16.4. The highest BCUT2D eigenvalue weighted by atomic mass is 19.1. The number of benzene rings is 1. The van der Waals surface area contributed by atoms with Crippen molar-refractivity contribution in [2.75, 3.05) is 13.2 Å². The van der Waals surface area contributed by atoms with Crippen molar-refractivity contribution >= 4 is 5.91 Å². The molecule has 0 aromatic heterocycles. The Morgan fingerprint density at radius 1 is 1.40 bits per heavy atom. The molecule has 1 aromatic rings. The van der Waals surface area contributed by atoms with Crippen LogP contribution in [-0.4, -0.2) is 30.3 Å². The van der Waals surface area contributed by atoms with Crippen LogP contribution >= 0.6 is 0 Å². The van der Waals surface area contributed by atoms with Gasteiger partial charge in [0.2, 0.25) is 0 Å². The van der Waals surface area contributed by atoms with Crippen molar-refractivity contribution in [3.8, 4) is 5.75 Å². The third kappa shape index (κ3) is 4.16. The Morgan fingerprint density at radius 3 is 2.70 bits per heavy atom. The minimum Gasteiger partial charge on any atom is -0.491 e. The van der Waals surface area contributed by atoms with E-state index in [4.69, 9.17) is 4.74 Å². The van der Waals surface area contributed by atoms with Gasteiger partial charge in [-0.1, -0.05) is 13.3 Å². The maximum atomic E-state index is 14.0. The van der Waals surface area contributed by atoms with Gasteiger partial charge in [-0.05, 0) is 25.5 Å². The molecule has 1 unspecified atom stereocenters. The second kappa shape index (κ2) is 7.79. The Labute approximate surface area is 116 Å². The van der Waals surface area contributed by atoms with Crippen LogP contribution in [-0.2, 0) is 0 Å². The van der Waals surface area contributed by atoms with Gasteiger partial charge in [-0.25, -0.2) is 8.78 Å². The fourth-order valence-electron chi connectivity index (χ4n) is 1.74. The standard InChI is InChI=1S/C14H19F2NO3/c1-3-5-9(18)8-17-14(19)12-10(15)6-7-11(13(12)16)20-4-2/h6-7,9,18H,3-5,8H2,1-2H3,(H,17,19). The maximum Gasteiger partial charge on any atom is 0.257 e. The van der Waals surface area contributed by atoms with Gasteiger partial charge in [0.15, 0.2) is 11.6 Å². The molecule has 0 fully saturated rings. The molecule has 2 N–H and O–H groups in total. The predicted molar refractivity (Wildman–Crippen MR) is 70.8 cm³/mol. The molecule has 112 valence electrons. The van der Waals surface area contributed by atoms with Crippen molar-refractivity contribution in [1.29, 1.82) is 0 Å². The summed E-state index contributed by atoms with van der Waals surface area (Å²) < 4.78 is 32.5. The van der Waals surface area contributed by atoms with Gasteiger partial charge in [-0.15, -0.1) is 0 Å². The monoisotopic (exact) mass is 287 g/mol. The number of nitrogens with one attached hydrogen (secondary N) is 1. The molecule has 20 heavy (non-hydrogen) atoms. The zero-order valence-electron chi connectivity index (χ0n) is 11.6. The quantitative estimate of drug-likeness (QED) is 0.808. The molecule has 1 atom stereocenters. The Morgan fingerprint density at radius 2 is 2.10 bits per heavy atom. The molecule has 0 aliphatic carbocycles. The molecule has 1 aromatic carbocycles. The molecule has 0 aliphatic heterocycles. The number of rotatable bonds is 7. The van der Waals surface area contributed by atoms with E-state index in [0.717, 1.165) is 18.6 Å². The first-order valence-electron chi connectivity index (χ1n) is 6.58. The summed E-state index contributed by atoms with van der Waals surface area (Å²) in [5.41, 5.74) is -0.695. The third-order valence-electron chi connectivity index (χ3n) is 2.70. The highest BCUT2D eigenvalue weighted by molar-refractivity contribution is 5.95. The second-order valence-corrected chi connectivity index (χ2v) is 4.32. The first-order valence-corrected chi connectivity index (χ1v) is 6.58. The lowest BCUT2D eigenvalue weighted by Gasteiger charge is -2.13. The van der Waals surface area contributed by atoms with Crippen LogP contribution in [0.3, 0.4) is 0 Å². The van der Waals surface area contributed by atoms with Crippen molar-refractivity contribution < 1.29 is 23.4 Å². The topological polar surface area (TPSA) is 58.6 Å². The molecule has 0 radical (unpaired) electrons. The average molecular weight is 287 g/mol. The van der Waals surface area contributed by atoms with Gasteiger partial charge in [-0.2, -0.15) is 0 Å². The van der Waals surface area contributed by atoms with Gasteiger partial charge in [0.1, 0.15) is 11.4 Å². The van der Waals surface area contributed by atoms with Crippen LogP contribution in [0.5, 0.6) is 5.75 Å². The lowest BCUT2D eigenvalue weighted by molar-refractivity contribution is 0.0900. The van der Waals surface area contributed by atoms with E-state index in [2.05, 4.69) is 5.32 Å². The molecule has 0 saturated carbocycles. The number of hydrogen-bond donors (Lipinski definition) is 2. The minimum atomic E-state index is -1.03. The van der Waals surface area contributed by atoms with Gasteiger partial charge < -0.3 is 15.2 Å². The van der Waals surface area contributed by atoms with Gasteiger partial charge >= 0.3 is 0 Å². The third-order valence-corrected chi connectivity index (χ3v) is 2.70. The molecule has 1 rings (SSSR count). The number of amides is 1. The summed E-state index contributed by atoms with van der Waals surface area (Å²) in [6.45, 7) is 3.70. The normalized spacial score (nSPS) is 12.1. The number of aliphatic hydroxyl groups is 1. The van der Waals surface area contributed by atoms with E-state index in [1.165, 1.54) is 0 Å². The van der Waals surface area contributed by atoms with Crippen molar-refractivity contribution in [2.45, 2.75) is 32.8 Å². The molecule has 0 aliphatic rings. The molecule has 6 heteroatoms. The Bertz CT molecular complexity index is 466. The van der Waals surface area contributed by atoms with Crippen LogP contribution in [0.15, 0.2) is 12.1 Å². The van der Waals surface area contributed by atoms with Gasteiger partial charge in [0.25, 0.3) is 5.91 Å². The predicted octanol–water partition coefficient (Wildman–Crippen LogP) is 2.25. The smallest absolute Gasteiger partial charge is 0.257 e. The van der Waals surface area contributed by atoms with Crippen LogP contribution in [0.25, 0.3) is 0 Å². The lowest BCUT2D eigenvalue weighted by Crippen LogP contribution is -2.33. The lowest BCUT2D eigenvalue weighted by atomic mass is 10.1. The van der Waals surface area contributed by atoms with Crippen molar-refractivity contribution in [2.24, 2.45) is 0 Å². The molecular weight excluding hydrogens is 268 g/mol. The fourth-order valence-corrected chi connectivity index (χ4v) is 1.74. The van der Waals surface area contributed by atoms with Gasteiger partial charge in [0.05, 0.1) is 12.7 Å². The van der Waals surface area contributed by atoms with E-state index in [1.54, 1.807) is 6.92 Å². The molecule has 4 nitrogen and oxygen atoms in total. The largest absolute Gasteiger partial charge is 0.491 e. The van der Waals surface area contributed by atoms with Crippen LogP contribution in [0, 0.1) is 11.6 Å². The number of hydrogen-bond acceptors (Lipinski definition) is 3. The van der Waals surface area contributed by atoms with E-state index >= 15 is 0 Å². The Kier molecular flexibility index (Phi) is 6.38. The highest BCUT2D eigenvalue weighted by Gasteiger charge is 2.21. The number of halogens is 2. The molecule has 0 heterocycles. The van der Waals surface area contributed by atoms with Crippen molar-refractivity contribution in [1.82, 2.24) is 5.32 Å². The van der Waals surface area contributed by atoms with Crippen LogP contribution < -0.4 is 10.1 Å². The summed E-state index contributed by atoms with van der Waals surface area (Å²) in [5.74, 6) is -3.08. The minimum absolute atomic E-state index is 0.0512. The average Bonchev–Trinajstić information content (AvgIpc) is 2.40. The van der Waals surface area contributed by atoms with Crippen molar-refractivity contribution in [3.63, 3.8) is 0 Å². The van der Waals surface area contributed by atoms with Gasteiger partial charge in [-0.3, -0.25) is 4.79 Å². The summed E-state index contributed by atoms with van der Waals surface area (Å²) in [4.78, 5) is 11.8. The van der Waals surface area contributed by atoms with Crippen LogP contribution in [0.4, 0.5) is 8.78 Å². The molecule has 0 saturated heterocycles.